The van der Waals surface area contributed by atoms with Gasteiger partial charge in [0, 0.05) is 12.1 Å². The Balaban J connectivity index is 2.14. The molecule has 1 aromatic rings. The number of benzene rings is 1. The normalized spacial score (nSPS) is 19.4. The third-order valence-corrected chi connectivity index (χ3v) is 2.76. The number of carbonyl (C=O) groups excluding carboxylic acids is 1. The van der Waals surface area contributed by atoms with Crippen molar-refractivity contribution in [3.8, 4) is 0 Å². The van der Waals surface area contributed by atoms with E-state index in [0.717, 1.165) is 18.2 Å². The van der Waals surface area contributed by atoms with E-state index >= 15 is 0 Å². The van der Waals surface area contributed by atoms with E-state index in [2.05, 4.69) is 0 Å². The summed E-state index contributed by atoms with van der Waals surface area (Å²) in [7, 11) is 0. The topological polar surface area (TPSA) is 61.6 Å². The minimum Gasteiger partial charge on any atom is -0.456 e. The second-order valence-electron chi connectivity index (χ2n) is 4.19. The Hall–Kier alpha value is -1.76. The molecule has 104 valence electrons. The van der Waals surface area contributed by atoms with Crippen molar-refractivity contribution in [1.82, 2.24) is 0 Å². The monoisotopic (exact) mass is 275 g/mol. The number of carbonyl (C=O) groups is 1. The van der Waals surface area contributed by atoms with Crippen molar-refractivity contribution in [2.75, 3.05) is 18.9 Å². The van der Waals surface area contributed by atoms with Crippen LogP contribution in [0.2, 0.25) is 0 Å². The van der Waals surface area contributed by atoms with Crippen molar-refractivity contribution in [2.45, 2.75) is 18.7 Å². The van der Waals surface area contributed by atoms with Gasteiger partial charge in [-0.15, -0.1) is 0 Å². The van der Waals surface area contributed by atoms with Gasteiger partial charge in [-0.2, -0.15) is 13.2 Å². The smallest absolute Gasteiger partial charge is 0.416 e. The Morgan fingerprint density at radius 1 is 1.42 bits per heavy atom. The highest BCUT2D eigenvalue weighted by Crippen LogP contribution is 2.31. The molecule has 0 bridgehead atoms. The number of nitrogen functional groups attached to an aromatic ring is 1. The summed E-state index contributed by atoms with van der Waals surface area (Å²) in [4.78, 5) is 11.7. The fraction of sp³-hybridized carbons (Fsp3) is 0.417. The number of hydrogen-bond acceptors (Lipinski definition) is 4. The lowest BCUT2D eigenvalue weighted by molar-refractivity contribution is -0.137. The molecular weight excluding hydrogens is 263 g/mol. The standard InChI is InChI=1S/C12H12F3NO3/c13-12(14,15)7-1-2-9(10(16)5-7)11(17)19-8-3-4-18-6-8/h1-2,5,8H,3-4,6,16H2. The summed E-state index contributed by atoms with van der Waals surface area (Å²) in [5, 5.41) is 0. The highest BCUT2D eigenvalue weighted by atomic mass is 19.4. The largest absolute Gasteiger partial charge is 0.456 e. The lowest BCUT2D eigenvalue weighted by Gasteiger charge is -2.13. The van der Waals surface area contributed by atoms with Crippen LogP contribution in [0.3, 0.4) is 0 Å². The summed E-state index contributed by atoms with van der Waals surface area (Å²) in [6.07, 6.45) is -4.28. The van der Waals surface area contributed by atoms with Crippen LogP contribution in [0, 0.1) is 0 Å². The molecule has 7 heteroatoms. The second-order valence-corrected chi connectivity index (χ2v) is 4.19. The van der Waals surface area contributed by atoms with E-state index in [9.17, 15) is 18.0 Å². The van der Waals surface area contributed by atoms with Crippen LogP contribution in [0.25, 0.3) is 0 Å². The van der Waals surface area contributed by atoms with Gasteiger partial charge in [-0.1, -0.05) is 0 Å². The summed E-state index contributed by atoms with van der Waals surface area (Å²) in [6, 6.07) is 2.55. The molecule has 0 amide bonds. The minimum atomic E-state index is -4.49. The molecule has 1 aromatic carbocycles. The third-order valence-electron chi connectivity index (χ3n) is 2.76. The molecule has 2 rings (SSSR count). The zero-order valence-corrected chi connectivity index (χ0v) is 9.87. The van der Waals surface area contributed by atoms with E-state index in [1.807, 2.05) is 0 Å². The summed E-state index contributed by atoms with van der Waals surface area (Å²) < 4.78 is 47.4. The fourth-order valence-corrected chi connectivity index (χ4v) is 1.75. The molecule has 0 saturated carbocycles. The van der Waals surface area contributed by atoms with Gasteiger partial charge in [-0.25, -0.2) is 4.79 Å². The van der Waals surface area contributed by atoms with Crippen LogP contribution in [0.1, 0.15) is 22.3 Å². The first kappa shape index (κ1) is 13.7. The zero-order chi connectivity index (χ0) is 14.0. The Bertz CT molecular complexity index is 482. The Morgan fingerprint density at radius 3 is 2.68 bits per heavy atom. The molecule has 1 unspecified atom stereocenters. The molecule has 1 aliphatic rings. The molecule has 4 nitrogen and oxygen atoms in total. The molecule has 1 aliphatic heterocycles. The van der Waals surface area contributed by atoms with E-state index in [1.165, 1.54) is 0 Å². The minimum absolute atomic E-state index is 0.0695. The van der Waals surface area contributed by atoms with E-state index < -0.39 is 17.7 Å². The molecule has 0 radical (unpaired) electrons. The Kier molecular flexibility index (Phi) is 3.66. The van der Waals surface area contributed by atoms with Gasteiger partial charge >= 0.3 is 12.1 Å². The van der Waals surface area contributed by atoms with Gasteiger partial charge in [0.15, 0.2) is 0 Å². The molecular formula is C12H12F3NO3. The van der Waals surface area contributed by atoms with Crippen LogP contribution >= 0.6 is 0 Å². The van der Waals surface area contributed by atoms with Gasteiger partial charge in [-0.3, -0.25) is 0 Å². The van der Waals surface area contributed by atoms with Crippen molar-refractivity contribution in [1.29, 1.82) is 0 Å². The average molecular weight is 275 g/mol. The third kappa shape index (κ3) is 3.17. The van der Waals surface area contributed by atoms with Crippen LogP contribution in [-0.2, 0) is 15.7 Å². The van der Waals surface area contributed by atoms with Crippen molar-refractivity contribution in [2.24, 2.45) is 0 Å². The number of rotatable bonds is 2. The zero-order valence-electron chi connectivity index (χ0n) is 9.87. The number of esters is 1. The predicted octanol–water partition coefficient (Wildman–Crippen LogP) is 2.23. The van der Waals surface area contributed by atoms with Crippen molar-refractivity contribution >= 4 is 11.7 Å². The van der Waals surface area contributed by atoms with Gasteiger partial charge < -0.3 is 15.2 Å². The number of ether oxygens (including phenoxy) is 2. The van der Waals surface area contributed by atoms with E-state index in [0.29, 0.717) is 19.6 Å². The molecule has 1 atom stereocenters. The van der Waals surface area contributed by atoms with Gasteiger partial charge in [0.2, 0.25) is 0 Å². The van der Waals surface area contributed by atoms with Crippen LogP contribution in [-0.4, -0.2) is 25.3 Å². The summed E-state index contributed by atoms with van der Waals surface area (Å²) in [5.41, 5.74) is 4.24. The molecule has 0 aliphatic carbocycles. The number of nitrogens with two attached hydrogens (primary N) is 1. The predicted molar refractivity (Wildman–Crippen MR) is 60.5 cm³/mol. The first-order valence-electron chi connectivity index (χ1n) is 5.63. The molecule has 19 heavy (non-hydrogen) atoms. The summed E-state index contributed by atoms with van der Waals surface area (Å²) >= 11 is 0. The van der Waals surface area contributed by atoms with Gasteiger partial charge in [0.05, 0.1) is 24.3 Å². The molecule has 1 heterocycles. The van der Waals surface area contributed by atoms with Gasteiger partial charge in [0.25, 0.3) is 0 Å². The quantitative estimate of drug-likeness (QED) is 0.664. The maximum absolute atomic E-state index is 12.4. The molecule has 0 aromatic heterocycles. The van der Waals surface area contributed by atoms with Gasteiger partial charge in [0.1, 0.15) is 6.10 Å². The van der Waals surface area contributed by atoms with Crippen LogP contribution in [0.5, 0.6) is 0 Å². The molecule has 0 spiro atoms. The summed E-state index contributed by atoms with van der Waals surface area (Å²) in [5.74, 6) is -0.735. The van der Waals surface area contributed by atoms with Crippen molar-refractivity contribution in [3.63, 3.8) is 0 Å². The van der Waals surface area contributed by atoms with E-state index in [-0.39, 0.29) is 17.4 Å². The van der Waals surface area contributed by atoms with E-state index in [4.69, 9.17) is 15.2 Å². The van der Waals surface area contributed by atoms with Crippen LogP contribution < -0.4 is 5.73 Å². The van der Waals surface area contributed by atoms with Crippen molar-refractivity contribution in [3.05, 3.63) is 29.3 Å². The lowest BCUT2D eigenvalue weighted by atomic mass is 10.1. The number of anilines is 1. The first-order chi connectivity index (χ1) is 8.88. The lowest BCUT2D eigenvalue weighted by Crippen LogP contribution is -2.19. The maximum atomic E-state index is 12.4. The molecule has 1 saturated heterocycles. The summed E-state index contributed by atoms with van der Waals surface area (Å²) in [6.45, 7) is 0.798. The number of hydrogen-bond donors (Lipinski definition) is 1. The van der Waals surface area contributed by atoms with Crippen LogP contribution in [0.15, 0.2) is 18.2 Å². The fourth-order valence-electron chi connectivity index (χ4n) is 1.75. The first-order valence-corrected chi connectivity index (χ1v) is 5.63. The van der Waals surface area contributed by atoms with Crippen LogP contribution in [0.4, 0.5) is 18.9 Å². The van der Waals surface area contributed by atoms with Crippen molar-refractivity contribution < 1.29 is 27.4 Å². The SMILES string of the molecule is Nc1cc(C(F)(F)F)ccc1C(=O)OC1CCOC1. The number of halogens is 3. The molecule has 2 N–H and O–H groups in total. The molecule has 1 fully saturated rings. The highest BCUT2D eigenvalue weighted by Gasteiger charge is 2.31. The second kappa shape index (κ2) is 5.08. The number of alkyl halides is 3. The van der Waals surface area contributed by atoms with E-state index in [1.54, 1.807) is 0 Å². The Morgan fingerprint density at radius 2 is 2.16 bits per heavy atom. The Labute approximate surface area is 107 Å². The maximum Gasteiger partial charge on any atom is 0.416 e. The highest BCUT2D eigenvalue weighted by molar-refractivity contribution is 5.95. The van der Waals surface area contributed by atoms with Gasteiger partial charge in [-0.05, 0) is 18.2 Å². The average Bonchev–Trinajstić information content (AvgIpc) is 2.80.